The summed E-state index contributed by atoms with van der Waals surface area (Å²) < 4.78 is 6.11. The maximum atomic E-state index is 12.2. The van der Waals surface area contributed by atoms with Crippen molar-refractivity contribution in [2.45, 2.75) is 44.8 Å². The highest BCUT2D eigenvalue weighted by Gasteiger charge is 2.27. The Hall–Kier alpha value is -2.54. The molecule has 0 unspecified atom stereocenters. The summed E-state index contributed by atoms with van der Waals surface area (Å²) >= 11 is 1.59. The first kappa shape index (κ1) is 17.6. The molecule has 1 saturated heterocycles. The number of nitrogens with zero attached hydrogens (tertiary/aromatic N) is 2. The molecule has 2 fully saturated rings. The second-order valence-electron chi connectivity index (χ2n) is 7.67. The van der Waals surface area contributed by atoms with Crippen LogP contribution in [0, 0.1) is 0 Å². The summed E-state index contributed by atoms with van der Waals surface area (Å²) in [6.07, 6.45) is 4.66. The Bertz CT molecular complexity index is 972. The number of fused-ring (bicyclic) bond motifs is 1. The minimum Gasteiger partial charge on any atom is -0.487 e. The largest absolute Gasteiger partial charge is 0.487 e. The molecule has 5 rings (SSSR count). The van der Waals surface area contributed by atoms with Crippen molar-refractivity contribution < 1.29 is 9.53 Å². The van der Waals surface area contributed by atoms with Crippen molar-refractivity contribution in [1.29, 1.82) is 0 Å². The van der Waals surface area contributed by atoms with E-state index in [0.717, 1.165) is 48.6 Å². The molecule has 2 aliphatic rings. The van der Waals surface area contributed by atoms with Gasteiger partial charge < -0.3 is 19.9 Å². The lowest BCUT2D eigenvalue weighted by atomic mass is 10.1. The van der Waals surface area contributed by atoms with Crippen LogP contribution >= 0.6 is 11.3 Å². The minimum absolute atomic E-state index is 0.0297. The van der Waals surface area contributed by atoms with Crippen LogP contribution in [0.2, 0.25) is 0 Å². The summed E-state index contributed by atoms with van der Waals surface area (Å²) in [6, 6.07) is 6.50. The molecule has 0 bridgehead atoms. The van der Waals surface area contributed by atoms with E-state index in [2.05, 4.69) is 33.5 Å². The Morgan fingerprint density at radius 2 is 2.14 bits per heavy atom. The van der Waals surface area contributed by atoms with Crippen molar-refractivity contribution in [3.05, 3.63) is 46.0 Å². The number of thiazole rings is 1. The third-order valence-electron chi connectivity index (χ3n) is 5.51. The van der Waals surface area contributed by atoms with Crippen molar-refractivity contribution in [3.63, 3.8) is 0 Å². The van der Waals surface area contributed by atoms with Crippen LogP contribution in [0.25, 0.3) is 10.9 Å². The molecule has 1 aliphatic heterocycles. The number of hydrogen-bond acceptors (Lipinski definition) is 4. The summed E-state index contributed by atoms with van der Waals surface area (Å²) in [6.45, 7) is 2.73. The van der Waals surface area contributed by atoms with Gasteiger partial charge >= 0.3 is 6.03 Å². The van der Waals surface area contributed by atoms with Crippen molar-refractivity contribution in [2.24, 2.45) is 0 Å². The fraction of sp³-hybridized carbons (Fsp3) is 0.429. The van der Waals surface area contributed by atoms with E-state index in [4.69, 9.17) is 4.74 Å². The molecule has 1 saturated carbocycles. The Balaban J connectivity index is 1.32. The Kier molecular flexibility index (Phi) is 4.68. The molecule has 3 heterocycles. The average Bonchev–Trinajstić information content (AvgIpc) is 3.12. The number of aromatic amines is 1. The Labute approximate surface area is 167 Å². The maximum Gasteiger partial charge on any atom is 0.317 e. The zero-order valence-corrected chi connectivity index (χ0v) is 16.6. The van der Waals surface area contributed by atoms with Crippen molar-refractivity contribution in [3.8, 4) is 5.75 Å². The maximum absolute atomic E-state index is 12.2. The molecule has 6 nitrogen and oxygen atoms in total. The van der Waals surface area contributed by atoms with E-state index in [9.17, 15) is 4.79 Å². The van der Waals surface area contributed by atoms with E-state index in [1.807, 2.05) is 15.8 Å². The Morgan fingerprint density at radius 3 is 2.89 bits per heavy atom. The summed E-state index contributed by atoms with van der Waals surface area (Å²) in [7, 11) is 0. The first-order valence-corrected chi connectivity index (χ1v) is 10.9. The van der Waals surface area contributed by atoms with Gasteiger partial charge in [-0.25, -0.2) is 9.78 Å². The van der Waals surface area contributed by atoms with E-state index in [-0.39, 0.29) is 6.03 Å². The van der Waals surface area contributed by atoms with Crippen LogP contribution in [0.1, 0.15) is 48.6 Å². The van der Waals surface area contributed by atoms with E-state index in [1.54, 1.807) is 11.3 Å². The standard InChI is InChI=1S/C21H24N4O2S/c26-21(25-5-1-2-6-25)22-10-16-7-15-8-18(14-3-4-14)20(9-19(15)24-16)27-11-17-12-28-13-23-17/h7-9,12-14,24H,1-6,10-11H2,(H,22,26). The van der Waals surface area contributed by atoms with Crippen LogP contribution in [-0.2, 0) is 13.2 Å². The highest BCUT2D eigenvalue weighted by molar-refractivity contribution is 7.07. The predicted molar refractivity (Wildman–Crippen MR) is 110 cm³/mol. The van der Waals surface area contributed by atoms with E-state index >= 15 is 0 Å². The van der Waals surface area contributed by atoms with Crippen LogP contribution in [0.4, 0.5) is 4.79 Å². The van der Waals surface area contributed by atoms with E-state index in [1.165, 1.54) is 23.8 Å². The number of H-pyrrole nitrogens is 1. The van der Waals surface area contributed by atoms with Gasteiger partial charge in [0.15, 0.2) is 0 Å². The number of carbonyl (C=O) groups excluding carboxylic acids is 1. The highest BCUT2D eigenvalue weighted by Crippen LogP contribution is 2.45. The van der Waals surface area contributed by atoms with Gasteiger partial charge in [-0.2, -0.15) is 0 Å². The molecule has 1 aromatic carbocycles. The third kappa shape index (κ3) is 3.71. The molecule has 0 atom stereocenters. The predicted octanol–water partition coefficient (Wildman–Crippen LogP) is 4.39. The lowest BCUT2D eigenvalue weighted by Crippen LogP contribution is -2.37. The third-order valence-corrected chi connectivity index (χ3v) is 6.14. The quantitative estimate of drug-likeness (QED) is 0.649. The molecule has 7 heteroatoms. The molecular formula is C21H24N4O2S. The molecule has 2 N–H and O–H groups in total. The van der Waals surface area contributed by atoms with Gasteiger partial charge in [0, 0.05) is 41.1 Å². The zero-order chi connectivity index (χ0) is 18.9. The minimum atomic E-state index is 0.0297. The summed E-state index contributed by atoms with van der Waals surface area (Å²) in [5, 5.41) is 6.22. The van der Waals surface area contributed by atoms with Gasteiger partial charge in [0.05, 0.1) is 17.7 Å². The van der Waals surface area contributed by atoms with Crippen LogP contribution in [-0.4, -0.2) is 34.0 Å². The van der Waals surface area contributed by atoms with Gasteiger partial charge in [0.2, 0.25) is 0 Å². The molecule has 2 aromatic heterocycles. The topological polar surface area (TPSA) is 70.2 Å². The molecule has 146 valence electrons. The van der Waals surface area contributed by atoms with Crippen LogP contribution < -0.4 is 10.1 Å². The Morgan fingerprint density at radius 1 is 1.29 bits per heavy atom. The van der Waals surface area contributed by atoms with Gasteiger partial charge in [0.25, 0.3) is 0 Å². The fourth-order valence-electron chi connectivity index (χ4n) is 3.84. The number of ether oxygens (including phenoxy) is 1. The SMILES string of the molecule is O=C(NCc1cc2cc(C3CC3)c(OCc3cscn3)cc2[nH]1)N1CCCC1. The van der Waals surface area contributed by atoms with Gasteiger partial charge in [-0.3, -0.25) is 0 Å². The number of amides is 2. The van der Waals surface area contributed by atoms with Gasteiger partial charge in [0.1, 0.15) is 12.4 Å². The lowest BCUT2D eigenvalue weighted by molar-refractivity contribution is 0.208. The molecular weight excluding hydrogens is 372 g/mol. The van der Waals surface area contributed by atoms with Crippen molar-refractivity contribution in [1.82, 2.24) is 20.2 Å². The van der Waals surface area contributed by atoms with Crippen LogP contribution in [0.3, 0.4) is 0 Å². The molecule has 0 radical (unpaired) electrons. The number of carbonyl (C=O) groups is 1. The average molecular weight is 397 g/mol. The monoisotopic (exact) mass is 396 g/mol. The first-order valence-electron chi connectivity index (χ1n) is 9.94. The number of likely N-dealkylation sites (tertiary alicyclic amines) is 1. The zero-order valence-electron chi connectivity index (χ0n) is 15.7. The highest BCUT2D eigenvalue weighted by atomic mass is 32.1. The summed E-state index contributed by atoms with van der Waals surface area (Å²) in [5.74, 6) is 1.54. The van der Waals surface area contributed by atoms with Gasteiger partial charge in [-0.05, 0) is 49.3 Å². The van der Waals surface area contributed by atoms with Crippen LogP contribution in [0.5, 0.6) is 5.75 Å². The normalized spacial score (nSPS) is 16.6. The summed E-state index contributed by atoms with van der Waals surface area (Å²) in [4.78, 5) is 21.8. The first-order chi connectivity index (χ1) is 13.8. The van der Waals surface area contributed by atoms with E-state index < -0.39 is 0 Å². The molecule has 2 amide bonds. The fourth-order valence-corrected chi connectivity index (χ4v) is 4.38. The number of aromatic nitrogens is 2. The second-order valence-corrected chi connectivity index (χ2v) is 8.39. The molecule has 3 aromatic rings. The number of nitrogens with one attached hydrogen (secondary N) is 2. The van der Waals surface area contributed by atoms with Crippen molar-refractivity contribution >= 4 is 28.3 Å². The number of rotatable bonds is 6. The molecule has 1 aliphatic carbocycles. The smallest absolute Gasteiger partial charge is 0.317 e. The van der Waals surface area contributed by atoms with Crippen LogP contribution in [0.15, 0.2) is 29.1 Å². The molecule has 28 heavy (non-hydrogen) atoms. The number of urea groups is 1. The second kappa shape index (κ2) is 7.47. The number of benzene rings is 1. The number of hydrogen-bond donors (Lipinski definition) is 2. The van der Waals surface area contributed by atoms with Crippen molar-refractivity contribution in [2.75, 3.05) is 13.1 Å². The lowest BCUT2D eigenvalue weighted by Gasteiger charge is -2.15. The molecule has 0 spiro atoms. The van der Waals surface area contributed by atoms with E-state index in [0.29, 0.717) is 19.1 Å². The van der Waals surface area contributed by atoms with Gasteiger partial charge in [-0.1, -0.05) is 0 Å². The van der Waals surface area contributed by atoms with Gasteiger partial charge in [-0.15, -0.1) is 11.3 Å². The summed E-state index contributed by atoms with van der Waals surface area (Å²) in [5.41, 5.74) is 6.14.